The number of ether oxygens (including phenoxy) is 1. The van der Waals surface area contributed by atoms with Crippen molar-refractivity contribution in [2.75, 3.05) is 11.8 Å². The third-order valence-corrected chi connectivity index (χ3v) is 4.83. The highest BCUT2D eigenvalue weighted by molar-refractivity contribution is 7.92. The summed E-state index contributed by atoms with van der Waals surface area (Å²) in [5.74, 6) is 0.625. The van der Waals surface area contributed by atoms with Crippen molar-refractivity contribution in [2.24, 2.45) is 0 Å². The molecule has 2 aromatic rings. The number of pyridine rings is 1. The fourth-order valence-corrected chi connectivity index (χ4v) is 3.91. The smallest absolute Gasteiger partial charge is 0.265 e. The van der Waals surface area contributed by atoms with Gasteiger partial charge in [-0.2, -0.15) is 0 Å². The van der Waals surface area contributed by atoms with Gasteiger partial charge in [0.05, 0.1) is 7.11 Å². The van der Waals surface area contributed by atoms with E-state index in [0.29, 0.717) is 17.0 Å². The van der Waals surface area contributed by atoms with Gasteiger partial charge in [-0.05, 0) is 42.8 Å². The van der Waals surface area contributed by atoms with Crippen LogP contribution in [0.5, 0.6) is 5.75 Å². The molecule has 0 saturated heterocycles. The lowest BCUT2D eigenvalue weighted by molar-refractivity contribution is 0.415. The first-order chi connectivity index (χ1) is 9.83. The summed E-state index contributed by atoms with van der Waals surface area (Å²) < 4.78 is 32.2. The van der Waals surface area contributed by atoms with Gasteiger partial charge in [-0.3, -0.25) is 4.72 Å². The molecule has 0 radical (unpaired) electrons. The first-order valence-corrected chi connectivity index (χ1v) is 8.07. The van der Waals surface area contributed by atoms with Crippen molar-refractivity contribution in [3.8, 4) is 5.75 Å². The Morgan fingerprint density at radius 1 is 1.19 bits per heavy atom. The molecule has 0 aliphatic heterocycles. The molecule has 0 aliphatic rings. The first kappa shape index (κ1) is 15.9. The predicted molar refractivity (Wildman–Crippen MR) is 82.8 cm³/mol. The Balaban J connectivity index is 2.38. The molecule has 0 unspecified atom stereocenters. The summed E-state index contributed by atoms with van der Waals surface area (Å²) in [7, 11) is -2.33. The zero-order valence-corrected chi connectivity index (χ0v) is 13.6. The summed E-state index contributed by atoms with van der Waals surface area (Å²) in [6, 6.07) is 7.90. The van der Waals surface area contributed by atoms with Crippen LogP contribution in [0, 0.1) is 6.92 Å². The molecule has 2 rings (SSSR count). The quantitative estimate of drug-likeness (QED) is 0.860. The number of nitrogens with one attached hydrogen (secondary N) is 1. The van der Waals surface area contributed by atoms with Crippen molar-refractivity contribution in [2.45, 2.75) is 11.8 Å². The van der Waals surface area contributed by atoms with Crippen LogP contribution in [-0.2, 0) is 10.0 Å². The maximum atomic E-state index is 12.4. The van der Waals surface area contributed by atoms with Crippen molar-refractivity contribution in [1.82, 2.24) is 4.98 Å². The van der Waals surface area contributed by atoms with E-state index in [1.807, 2.05) is 0 Å². The van der Waals surface area contributed by atoms with Crippen molar-refractivity contribution in [3.05, 3.63) is 46.2 Å². The molecular formula is C13H12Cl2N2O3S. The van der Waals surface area contributed by atoms with E-state index in [2.05, 4.69) is 9.71 Å². The van der Waals surface area contributed by atoms with Crippen molar-refractivity contribution in [3.63, 3.8) is 0 Å². The van der Waals surface area contributed by atoms with Crippen molar-refractivity contribution in [1.29, 1.82) is 0 Å². The van der Waals surface area contributed by atoms with Gasteiger partial charge in [-0.25, -0.2) is 13.4 Å². The van der Waals surface area contributed by atoms with Gasteiger partial charge in [0.2, 0.25) is 0 Å². The van der Waals surface area contributed by atoms with Gasteiger partial charge in [-0.1, -0.05) is 23.2 Å². The number of nitrogens with zero attached hydrogens (tertiary/aromatic N) is 1. The zero-order valence-electron chi connectivity index (χ0n) is 11.2. The molecule has 5 nitrogen and oxygen atoms in total. The molecule has 0 fully saturated rings. The summed E-state index contributed by atoms with van der Waals surface area (Å²) >= 11 is 11.6. The molecule has 1 heterocycles. The van der Waals surface area contributed by atoms with E-state index in [9.17, 15) is 8.42 Å². The fourth-order valence-electron chi connectivity index (χ4n) is 1.77. The van der Waals surface area contributed by atoms with E-state index in [4.69, 9.17) is 27.9 Å². The van der Waals surface area contributed by atoms with E-state index in [-0.39, 0.29) is 15.2 Å². The largest absolute Gasteiger partial charge is 0.497 e. The Bertz CT molecular complexity index is 738. The average molecular weight is 347 g/mol. The Labute approximate surface area is 132 Å². The number of halogens is 2. The van der Waals surface area contributed by atoms with Crippen LogP contribution in [0.15, 0.2) is 35.2 Å². The second-order valence-corrected chi connectivity index (χ2v) is 6.58. The summed E-state index contributed by atoms with van der Waals surface area (Å²) in [4.78, 5) is 3.67. The van der Waals surface area contributed by atoms with Gasteiger partial charge < -0.3 is 4.74 Å². The molecule has 8 heteroatoms. The molecule has 0 aliphatic carbocycles. The normalized spacial score (nSPS) is 11.2. The highest BCUT2D eigenvalue weighted by atomic mass is 35.5. The van der Waals surface area contributed by atoms with Crippen LogP contribution >= 0.6 is 23.2 Å². The molecule has 21 heavy (non-hydrogen) atoms. The zero-order chi connectivity index (χ0) is 15.6. The van der Waals surface area contributed by atoms with Crippen LogP contribution in [0.1, 0.15) is 5.56 Å². The van der Waals surface area contributed by atoms with Crippen molar-refractivity contribution >= 4 is 38.9 Å². The van der Waals surface area contributed by atoms with Crippen LogP contribution < -0.4 is 9.46 Å². The minimum Gasteiger partial charge on any atom is -0.497 e. The Morgan fingerprint density at radius 2 is 1.81 bits per heavy atom. The molecule has 1 aromatic heterocycles. The monoisotopic (exact) mass is 346 g/mol. The fraction of sp³-hybridized carbons (Fsp3) is 0.154. The maximum absolute atomic E-state index is 12.4. The van der Waals surface area contributed by atoms with Gasteiger partial charge >= 0.3 is 0 Å². The molecule has 112 valence electrons. The highest BCUT2D eigenvalue weighted by Crippen LogP contribution is 2.28. The van der Waals surface area contributed by atoms with E-state index in [0.717, 1.165) is 0 Å². The molecule has 0 atom stereocenters. The van der Waals surface area contributed by atoms with Crippen LogP contribution in [0.25, 0.3) is 0 Å². The lowest BCUT2D eigenvalue weighted by Gasteiger charge is -2.12. The summed E-state index contributed by atoms with van der Waals surface area (Å²) in [6.45, 7) is 1.60. The van der Waals surface area contributed by atoms with Gasteiger partial charge in [0.1, 0.15) is 15.8 Å². The minimum atomic E-state index is -3.85. The van der Waals surface area contributed by atoms with Gasteiger partial charge in [0, 0.05) is 5.69 Å². The van der Waals surface area contributed by atoms with Crippen LogP contribution in [0.4, 0.5) is 5.69 Å². The maximum Gasteiger partial charge on any atom is 0.265 e. The Morgan fingerprint density at radius 3 is 2.33 bits per heavy atom. The summed E-state index contributed by atoms with van der Waals surface area (Å²) in [5, 5.41) is -0.0260. The van der Waals surface area contributed by atoms with Crippen LogP contribution in [0.2, 0.25) is 10.3 Å². The molecule has 1 N–H and O–H groups in total. The first-order valence-electron chi connectivity index (χ1n) is 5.83. The Hall–Kier alpha value is -1.50. The van der Waals surface area contributed by atoms with E-state index >= 15 is 0 Å². The molecule has 1 aromatic carbocycles. The molecule has 0 bridgehead atoms. The van der Waals surface area contributed by atoms with E-state index < -0.39 is 10.0 Å². The Kier molecular flexibility index (Phi) is 4.61. The van der Waals surface area contributed by atoms with E-state index in [1.165, 1.54) is 13.2 Å². The second kappa shape index (κ2) is 6.09. The SMILES string of the molecule is COc1ccc(NS(=O)(=O)c2c(C)cc(Cl)nc2Cl)cc1. The number of benzene rings is 1. The number of rotatable bonds is 4. The summed E-state index contributed by atoms with van der Waals surface area (Å²) in [5.41, 5.74) is 0.808. The van der Waals surface area contributed by atoms with Gasteiger partial charge in [0.15, 0.2) is 5.15 Å². The average Bonchev–Trinajstić information content (AvgIpc) is 2.37. The molecule has 0 saturated carbocycles. The molecule has 0 amide bonds. The molecule has 0 spiro atoms. The lowest BCUT2D eigenvalue weighted by Crippen LogP contribution is -2.15. The molecular weight excluding hydrogens is 335 g/mol. The predicted octanol–water partition coefficient (Wildman–Crippen LogP) is 3.51. The van der Waals surface area contributed by atoms with Crippen LogP contribution in [-0.4, -0.2) is 20.5 Å². The number of hydrogen-bond acceptors (Lipinski definition) is 4. The van der Waals surface area contributed by atoms with Gasteiger partial charge in [-0.15, -0.1) is 0 Å². The number of hydrogen-bond donors (Lipinski definition) is 1. The van der Waals surface area contributed by atoms with Crippen molar-refractivity contribution < 1.29 is 13.2 Å². The second-order valence-electron chi connectivity index (χ2n) is 4.22. The number of anilines is 1. The van der Waals surface area contributed by atoms with Crippen LogP contribution in [0.3, 0.4) is 0 Å². The summed E-state index contributed by atoms with van der Waals surface area (Å²) in [6.07, 6.45) is 0. The third-order valence-electron chi connectivity index (χ3n) is 2.70. The standard InChI is InChI=1S/C13H12Cl2N2O3S/c1-8-7-11(14)16-13(15)12(8)21(18,19)17-9-3-5-10(20-2)6-4-9/h3-7,17H,1-2H3. The number of aryl methyl sites for hydroxylation is 1. The third kappa shape index (κ3) is 3.58. The number of methoxy groups -OCH3 is 1. The minimum absolute atomic E-state index is 0.0932. The topological polar surface area (TPSA) is 68.3 Å². The lowest BCUT2D eigenvalue weighted by atomic mass is 10.3. The number of sulfonamides is 1. The highest BCUT2D eigenvalue weighted by Gasteiger charge is 2.22. The number of aromatic nitrogens is 1. The van der Waals surface area contributed by atoms with E-state index in [1.54, 1.807) is 31.2 Å². The van der Waals surface area contributed by atoms with Gasteiger partial charge in [0.25, 0.3) is 10.0 Å².